The van der Waals surface area contributed by atoms with Gasteiger partial charge in [0.1, 0.15) is 11.5 Å². The Morgan fingerprint density at radius 1 is 1.35 bits per heavy atom. The van der Waals surface area contributed by atoms with E-state index in [2.05, 4.69) is 4.74 Å². The zero-order valence-electron chi connectivity index (χ0n) is 12.6. The highest BCUT2D eigenvalue weighted by molar-refractivity contribution is 7.10. The molecule has 0 saturated carbocycles. The number of Topliss-reactive ketones (excluding diaryl/α,β-unsaturated/α-hetero) is 1. The lowest BCUT2D eigenvalue weighted by atomic mass is 10.1. The average molecular weight is 330 g/mol. The maximum absolute atomic E-state index is 12.3. The Balaban J connectivity index is 1.81. The minimum atomic E-state index is -0.740. The Morgan fingerprint density at radius 2 is 2.17 bits per heavy atom. The van der Waals surface area contributed by atoms with E-state index < -0.39 is 12.1 Å². The molecule has 23 heavy (non-hydrogen) atoms. The number of rotatable bonds is 4. The molecule has 6 heteroatoms. The third kappa shape index (κ3) is 3.12. The molecule has 0 saturated heterocycles. The fourth-order valence-electron chi connectivity index (χ4n) is 2.16. The second kappa shape index (κ2) is 6.26. The Hall–Kier alpha value is -2.60. The first-order chi connectivity index (χ1) is 11.1. The van der Waals surface area contributed by atoms with Gasteiger partial charge in [0.2, 0.25) is 5.78 Å². The number of thiophene rings is 1. The molecule has 1 aromatic carbocycles. The molecule has 0 aliphatic carbocycles. The number of fused-ring (bicyclic) bond motifs is 1. The van der Waals surface area contributed by atoms with Gasteiger partial charge in [0.15, 0.2) is 11.9 Å². The van der Waals surface area contributed by atoms with Gasteiger partial charge in [-0.15, -0.1) is 11.3 Å². The van der Waals surface area contributed by atoms with Crippen molar-refractivity contribution >= 4 is 29.2 Å². The maximum Gasteiger partial charge on any atom is 0.346 e. The molecule has 118 valence electrons. The van der Waals surface area contributed by atoms with Crippen molar-refractivity contribution in [1.82, 2.24) is 0 Å². The van der Waals surface area contributed by atoms with Crippen molar-refractivity contribution in [3.05, 3.63) is 51.9 Å². The fourth-order valence-corrected chi connectivity index (χ4v) is 2.81. The van der Waals surface area contributed by atoms with Gasteiger partial charge in [0.25, 0.3) is 0 Å². The van der Waals surface area contributed by atoms with E-state index >= 15 is 0 Å². The zero-order valence-corrected chi connectivity index (χ0v) is 13.4. The van der Waals surface area contributed by atoms with Crippen LogP contribution in [0.25, 0.3) is 6.08 Å². The lowest BCUT2D eigenvalue weighted by Crippen LogP contribution is -2.24. The zero-order chi connectivity index (χ0) is 16.4. The van der Waals surface area contributed by atoms with Crippen LogP contribution in [0.15, 0.2) is 41.5 Å². The molecular weight excluding hydrogens is 316 g/mol. The molecular formula is C17H14O5S. The number of esters is 1. The van der Waals surface area contributed by atoms with Crippen molar-refractivity contribution in [2.45, 2.75) is 13.0 Å². The van der Waals surface area contributed by atoms with Crippen molar-refractivity contribution in [2.75, 3.05) is 7.11 Å². The monoisotopic (exact) mass is 330 g/mol. The second-order valence-electron chi connectivity index (χ2n) is 4.90. The Morgan fingerprint density at radius 3 is 2.87 bits per heavy atom. The van der Waals surface area contributed by atoms with E-state index in [1.165, 1.54) is 18.4 Å². The summed E-state index contributed by atoms with van der Waals surface area (Å²) >= 11 is 1.52. The number of allylic oxidation sites excluding steroid dienone is 1. The topological polar surface area (TPSA) is 61.8 Å². The molecule has 5 nitrogen and oxygen atoms in total. The van der Waals surface area contributed by atoms with Crippen LogP contribution in [0.5, 0.6) is 11.5 Å². The molecule has 0 unspecified atom stereocenters. The minimum Gasteiger partial charge on any atom is -0.479 e. The van der Waals surface area contributed by atoms with Crippen LogP contribution in [0, 0.1) is 0 Å². The highest BCUT2D eigenvalue weighted by atomic mass is 32.1. The molecule has 2 heterocycles. The molecule has 1 atom stereocenters. The first-order valence-corrected chi connectivity index (χ1v) is 7.82. The number of ketones is 1. The van der Waals surface area contributed by atoms with Crippen LogP contribution >= 0.6 is 11.3 Å². The number of carbonyl (C=O) groups excluding carboxylic acids is 2. The van der Waals surface area contributed by atoms with E-state index in [-0.39, 0.29) is 11.5 Å². The van der Waals surface area contributed by atoms with Crippen molar-refractivity contribution in [2.24, 2.45) is 0 Å². The van der Waals surface area contributed by atoms with Gasteiger partial charge in [-0.1, -0.05) is 6.07 Å². The summed E-state index contributed by atoms with van der Waals surface area (Å²) in [5.74, 6) is 0.501. The lowest BCUT2D eigenvalue weighted by molar-refractivity contribution is -0.147. The summed E-state index contributed by atoms with van der Waals surface area (Å²) in [6.07, 6.45) is 0.973. The van der Waals surface area contributed by atoms with Gasteiger partial charge in [-0.05, 0) is 30.5 Å². The Labute approximate surface area is 137 Å². The maximum atomic E-state index is 12.3. The first kappa shape index (κ1) is 15.3. The number of benzene rings is 1. The molecule has 2 aromatic rings. The molecule has 0 radical (unpaired) electrons. The van der Waals surface area contributed by atoms with E-state index in [0.29, 0.717) is 17.1 Å². The number of ether oxygens (including phenoxy) is 3. The van der Waals surface area contributed by atoms with Gasteiger partial charge >= 0.3 is 5.97 Å². The van der Waals surface area contributed by atoms with Crippen molar-refractivity contribution in [3.63, 3.8) is 0 Å². The molecule has 0 fully saturated rings. The van der Waals surface area contributed by atoms with E-state index in [4.69, 9.17) is 9.47 Å². The summed E-state index contributed by atoms with van der Waals surface area (Å²) in [4.78, 5) is 24.6. The van der Waals surface area contributed by atoms with Gasteiger partial charge in [-0.25, -0.2) is 4.79 Å². The van der Waals surface area contributed by atoms with Gasteiger partial charge in [-0.2, -0.15) is 0 Å². The largest absolute Gasteiger partial charge is 0.479 e. The molecule has 0 N–H and O–H groups in total. The van der Waals surface area contributed by atoms with Gasteiger partial charge < -0.3 is 14.2 Å². The number of carbonyl (C=O) groups is 2. The number of hydrogen-bond acceptors (Lipinski definition) is 6. The van der Waals surface area contributed by atoms with Crippen molar-refractivity contribution < 1.29 is 23.8 Å². The number of hydrogen-bond donors (Lipinski definition) is 0. The van der Waals surface area contributed by atoms with Gasteiger partial charge in [-0.3, -0.25) is 4.79 Å². The van der Waals surface area contributed by atoms with Gasteiger partial charge in [0, 0.05) is 17.0 Å². The normalized spacial score (nSPS) is 15.9. The fraction of sp³-hybridized carbons (Fsp3) is 0.176. The van der Waals surface area contributed by atoms with E-state index in [1.807, 2.05) is 17.5 Å². The molecule has 0 amide bonds. The molecule has 0 spiro atoms. The smallest absolute Gasteiger partial charge is 0.346 e. The van der Waals surface area contributed by atoms with E-state index in [0.717, 1.165) is 4.88 Å². The second-order valence-corrected chi connectivity index (χ2v) is 5.88. The van der Waals surface area contributed by atoms with Crippen LogP contribution in [0.3, 0.4) is 0 Å². The summed E-state index contributed by atoms with van der Waals surface area (Å²) in [6.45, 7) is 1.59. The predicted molar refractivity (Wildman–Crippen MR) is 85.8 cm³/mol. The highest BCUT2D eigenvalue weighted by Crippen LogP contribution is 2.35. The summed E-state index contributed by atoms with van der Waals surface area (Å²) in [7, 11) is 1.30. The molecule has 1 aromatic heterocycles. The predicted octanol–water partition coefficient (Wildman–Crippen LogP) is 3.30. The summed E-state index contributed by atoms with van der Waals surface area (Å²) in [5, 5.41) is 1.93. The minimum absolute atomic E-state index is 0.166. The van der Waals surface area contributed by atoms with Gasteiger partial charge in [0.05, 0.1) is 12.7 Å². The van der Waals surface area contributed by atoms with Crippen LogP contribution in [0.1, 0.15) is 22.2 Å². The summed E-state index contributed by atoms with van der Waals surface area (Å²) < 4.78 is 15.7. The van der Waals surface area contributed by atoms with Crippen molar-refractivity contribution in [3.8, 4) is 11.5 Å². The van der Waals surface area contributed by atoms with E-state index in [9.17, 15) is 9.59 Å². The molecule has 3 rings (SSSR count). The highest BCUT2D eigenvalue weighted by Gasteiger charge is 2.28. The van der Waals surface area contributed by atoms with Crippen LogP contribution in [-0.4, -0.2) is 25.0 Å². The standard InChI is InChI=1S/C17H14O5S/c1-10(17(19)20-2)21-11-5-6-13-14(8-11)22-15(16(13)18)9-12-4-3-7-23-12/h3-10H,1-2H3/t10-/m1/s1. The van der Waals surface area contributed by atoms with Crippen LogP contribution in [-0.2, 0) is 9.53 Å². The van der Waals surface area contributed by atoms with E-state index in [1.54, 1.807) is 31.2 Å². The average Bonchev–Trinajstić information content (AvgIpc) is 3.15. The van der Waals surface area contributed by atoms with Crippen LogP contribution < -0.4 is 9.47 Å². The Kier molecular flexibility index (Phi) is 4.16. The van der Waals surface area contributed by atoms with Crippen molar-refractivity contribution in [1.29, 1.82) is 0 Å². The third-order valence-electron chi connectivity index (χ3n) is 3.30. The van der Waals surface area contributed by atoms with Crippen LogP contribution in [0.2, 0.25) is 0 Å². The third-order valence-corrected chi connectivity index (χ3v) is 4.12. The molecule has 1 aliphatic rings. The molecule has 1 aliphatic heterocycles. The Bertz CT molecular complexity index is 776. The number of methoxy groups -OCH3 is 1. The molecule has 0 bridgehead atoms. The van der Waals surface area contributed by atoms with Crippen LogP contribution in [0.4, 0.5) is 0 Å². The SMILES string of the molecule is COC(=O)[C@@H](C)Oc1ccc2c(c1)OC(=Cc1cccs1)C2=O. The first-order valence-electron chi connectivity index (χ1n) is 6.95. The lowest BCUT2D eigenvalue weighted by Gasteiger charge is -2.12. The quantitative estimate of drug-likeness (QED) is 0.636. The summed E-state index contributed by atoms with van der Waals surface area (Å²) in [6, 6.07) is 8.68. The summed E-state index contributed by atoms with van der Waals surface area (Å²) in [5.41, 5.74) is 0.478.